The van der Waals surface area contributed by atoms with Gasteiger partial charge in [0, 0.05) is 11.4 Å². The van der Waals surface area contributed by atoms with Gasteiger partial charge in [0.1, 0.15) is 16.7 Å². The van der Waals surface area contributed by atoms with Crippen molar-refractivity contribution in [2.24, 2.45) is 0 Å². The molecule has 3 heterocycles. The number of thiophene rings is 1. The molecule has 0 radical (unpaired) electrons. The van der Waals surface area contributed by atoms with Gasteiger partial charge >= 0.3 is 0 Å². The highest BCUT2D eigenvalue weighted by atomic mass is 32.2. The Morgan fingerprint density at radius 1 is 1.26 bits per heavy atom. The van der Waals surface area contributed by atoms with E-state index in [-0.39, 0.29) is 23.1 Å². The van der Waals surface area contributed by atoms with Crippen LogP contribution in [0.25, 0.3) is 10.2 Å². The summed E-state index contributed by atoms with van der Waals surface area (Å²) in [6, 6.07) is -0.441. The molecule has 1 aliphatic carbocycles. The highest BCUT2D eigenvalue weighted by Crippen LogP contribution is 2.34. The van der Waals surface area contributed by atoms with Gasteiger partial charge in [0.05, 0.1) is 16.9 Å². The van der Waals surface area contributed by atoms with Crippen molar-refractivity contribution >= 4 is 45.1 Å². The molecule has 0 spiro atoms. The lowest BCUT2D eigenvalue weighted by Gasteiger charge is -2.14. The first-order valence-electron chi connectivity index (χ1n) is 9.30. The maximum atomic E-state index is 12.4. The van der Waals surface area contributed by atoms with Gasteiger partial charge in [0.25, 0.3) is 5.56 Å². The number of nitrogens with one attached hydrogen (secondary N) is 3. The van der Waals surface area contributed by atoms with Crippen LogP contribution in [0.4, 0.5) is 0 Å². The monoisotopic (exact) mass is 406 g/mol. The molecule has 2 aliphatic rings. The summed E-state index contributed by atoms with van der Waals surface area (Å²) in [4.78, 5) is 46.0. The second-order valence-electron chi connectivity index (χ2n) is 6.95. The first-order chi connectivity index (χ1) is 13.1. The van der Waals surface area contributed by atoms with Crippen molar-refractivity contribution in [1.82, 2.24) is 20.6 Å². The predicted molar refractivity (Wildman–Crippen MR) is 107 cm³/mol. The van der Waals surface area contributed by atoms with Gasteiger partial charge in [-0.15, -0.1) is 23.1 Å². The lowest BCUT2D eigenvalue weighted by atomic mass is 10.1. The van der Waals surface area contributed by atoms with Gasteiger partial charge in [-0.2, -0.15) is 0 Å². The molecule has 4 rings (SSSR count). The largest absolute Gasteiger partial charge is 0.354 e. The molecular formula is C18H22N4O3S2. The SMILES string of the molecule is O=C(CSCc1nc2sc3c(c2c(=O)[nH]1)CCC3)NC1CCCCNC1=O. The number of hydrogen-bond donors (Lipinski definition) is 3. The van der Waals surface area contributed by atoms with E-state index in [2.05, 4.69) is 20.6 Å². The number of H-pyrrole nitrogens is 1. The van der Waals surface area contributed by atoms with E-state index in [1.807, 2.05) is 0 Å². The summed E-state index contributed by atoms with van der Waals surface area (Å²) in [5.74, 6) is 1.01. The van der Waals surface area contributed by atoms with Gasteiger partial charge in [0.15, 0.2) is 0 Å². The molecule has 0 saturated carbocycles. The molecule has 1 atom stereocenters. The van der Waals surface area contributed by atoms with Crippen LogP contribution in [-0.2, 0) is 28.2 Å². The zero-order valence-electron chi connectivity index (χ0n) is 14.9. The van der Waals surface area contributed by atoms with Crippen LogP contribution >= 0.6 is 23.1 Å². The van der Waals surface area contributed by atoms with Gasteiger partial charge in [-0.1, -0.05) is 0 Å². The summed E-state index contributed by atoms with van der Waals surface area (Å²) >= 11 is 3.00. The van der Waals surface area contributed by atoms with Gasteiger partial charge in [-0.3, -0.25) is 14.4 Å². The van der Waals surface area contributed by atoms with Crippen molar-refractivity contribution < 1.29 is 9.59 Å². The third-order valence-electron chi connectivity index (χ3n) is 4.97. The minimum atomic E-state index is -0.441. The third-order valence-corrected chi connectivity index (χ3v) is 7.10. The number of rotatable bonds is 5. The highest BCUT2D eigenvalue weighted by molar-refractivity contribution is 7.99. The van der Waals surface area contributed by atoms with E-state index in [9.17, 15) is 14.4 Å². The molecule has 1 unspecified atom stereocenters. The maximum absolute atomic E-state index is 12.4. The highest BCUT2D eigenvalue weighted by Gasteiger charge is 2.23. The van der Waals surface area contributed by atoms with Crippen LogP contribution in [0.15, 0.2) is 4.79 Å². The van der Waals surface area contributed by atoms with Crippen LogP contribution in [0.3, 0.4) is 0 Å². The van der Waals surface area contributed by atoms with E-state index in [0.29, 0.717) is 24.5 Å². The van der Waals surface area contributed by atoms with Crippen LogP contribution in [0.2, 0.25) is 0 Å². The Morgan fingerprint density at radius 3 is 3.04 bits per heavy atom. The lowest BCUT2D eigenvalue weighted by molar-refractivity contribution is -0.127. The minimum Gasteiger partial charge on any atom is -0.354 e. The Balaban J connectivity index is 1.34. The van der Waals surface area contributed by atoms with Gasteiger partial charge in [-0.05, 0) is 44.1 Å². The molecule has 27 heavy (non-hydrogen) atoms. The molecule has 1 saturated heterocycles. The molecule has 0 aromatic carbocycles. The third kappa shape index (κ3) is 4.03. The number of carbonyl (C=O) groups excluding carboxylic acids is 2. The van der Waals surface area contributed by atoms with E-state index in [1.165, 1.54) is 22.2 Å². The number of aromatic amines is 1. The number of hydrogen-bond acceptors (Lipinski definition) is 6. The fraction of sp³-hybridized carbons (Fsp3) is 0.556. The van der Waals surface area contributed by atoms with Crippen LogP contribution in [0, 0.1) is 0 Å². The fourth-order valence-corrected chi connectivity index (χ4v) is 5.65. The maximum Gasteiger partial charge on any atom is 0.259 e. The number of aryl methyl sites for hydroxylation is 2. The molecule has 0 bridgehead atoms. The number of nitrogens with zero attached hydrogens (tertiary/aromatic N) is 1. The standard InChI is InChI=1S/C18H22N4O3S2/c23-14(20-11-5-1-2-7-19-16(11)24)9-26-8-13-21-17(25)15-10-4-3-6-12(10)27-18(15)22-13/h11H,1-9H2,(H,19,24)(H,20,23)(H,21,22,25). The van der Waals surface area contributed by atoms with Crippen molar-refractivity contribution in [3.63, 3.8) is 0 Å². The van der Waals surface area contributed by atoms with Gasteiger partial charge in [0.2, 0.25) is 11.8 Å². The number of aromatic nitrogens is 2. The van der Waals surface area contributed by atoms with Gasteiger partial charge < -0.3 is 15.6 Å². The van der Waals surface area contributed by atoms with Crippen molar-refractivity contribution in [2.75, 3.05) is 12.3 Å². The Kier molecular flexibility index (Phi) is 5.49. The van der Waals surface area contributed by atoms with Crippen LogP contribution < -0.4 is 16.2 Å². The van der Waals surface area contributed by atoms with E-state index < -0.39 is 6.04 Å². The molecule has 2 aromatic heterocycles. The van der Waals surface area contributed by atoms with Crippen LogP contribution in [0.1, 0.15) is 41.9 Å². The first kappa shape index (κ1) is 18.5. The second-order valence-corrected chi connectivity index (χ2v) is 9.02. The zero-order valence-corrected chi connectivity index (χ0v) is 16.6. The van der Waals surface area contributed by atoms with Crippen LogP contribution in [-0.4, -0.2) is 40.1 Å². The Hall–Kier alpha value is -1.87. The quantitative estimate of drug-likeness (QED) is 0.698. The number of thioether (sulfide) groups is 1. The molecular weight excluding hydrogens is 384 g/mol. The normalized spacial score (nSPS) is 19.6. The number of fused-ring (bicyclic) bond motifs is 3. The van der Waals surface area contributed by atoms with Crippen molar-refractivity contribution in [2.45, 2.75) is 50.3 Å². The Morgan fingerprint density at radius 2 is 2.15 bits per heavy atom. The van der Waals surface area contributed by atoms with Gasteiger partial charge in [-0.25, -0.2) is 4.98 Å². The summed E-state index contributed by atoms with van der Waals surface area (Å²) in [7, 11) is 0. The smallest absolute Gasteiger partial charge is 0.259 e. The predicted octanol–water partition coefficient (Wildman–Crippen LogP) is 1.49. The lowest BCUT2D eigenvalue weighted by Crippen LogP contribution is -2.46. The van der Waals surface area contributed by atoms with E-state index in [1.54, 1.807) is 11.3 Å². The van der Waals surface area contributed by atoms with Crippen molar-refractivity contribution in [1.29, 1.82) is 0 Å². The average molecular weight is 407 g/mol. The molecule has 2 aromatic rings. The Labute approximate surface area is 164 Å². The van der Waals surface area contributed by atoms with E-state index in [0.717, 1.165) is 42.3 Å². The molecule has 1 aliphatic heterocycles. The summed E-state index contributed by atoms with van der Waals surface area (Å²) < 4.78 is 0. The molecule has 3 N–H and O–H groups in total. The molecule has 2 amide bonds. The van der Waals surface area contributed by atoms with Crippen molar-refractivity contribution in [3.05, 3.63) is 26.6 Å². The summed E-state index contributed by atoms with van der Waals surface area (Å²) in [5, 5.41) is 6.36. The number of carbonyl (C=O) groups is 2. The Bertz CT molecular complexity index is 937. The first-order valence-corrected chi connectivity index (χ1v) is 11.3. The topological polar surface area (TPSA) is 104 Å². The summed E-state index contributed by atoms with van der Waals surface area (Å²) in [5.41, 5.74) is 1.10. The molecule has 1 fully saturated rings. The van der Waals surface area contributed by atoms with Crippen LogP contribution in [0.5, 0.6) is 0 Å². The zero-order chi connectivity index (χ0) is 18.8. The average Bonchev–Trinajstić information content (AvgIpc) is 3.14. The second kappa shape index (κ2) is 8.02. The van der Waals surface area contributed by atoms with Crippen molar-refractivity contribution in [3.8, 4) is 0 Å². The summed E-state index contributed by atoms with van der Waals surface area (Å²) in [6.07, 6.45) is 5.66. The summed E-state index contributed by atoms with van der Waals surface area (Å²) in [6.45, 7) is 0.674. The molecule has 9 heteroatoms. The molecule has 7 nitrogen and oxygen atoms in total. The van der Waals surface area contributed by atoms with E-state index in [4.69, 9.17) is 0 Å². The fourth-order valence-electron chi connectivity index (χ4n) is 3.67. The number of amides is 2. The molecule has 144 valence electrons. The van der Waals surface area contributed by atoms with E-state index >= 15 is 0 Å². The minimum absolute atomic E-state index is 0.0745.